The fourth-order valence-electron chi connectivity index (χ4n) is 3.19. The number of carbonyl (C=O) groups is 3. The van der Waals surface area contributed by atoms with E-state index in [1.54, 1.807) is 24.3 Å². The molecule has 2 aliphatic heterocycles. The van der Waals surface area contributed by atoms with Crippen molar-refractivity contribution in [1.82, 2.24) is 15.1 Å². The van der Waals surface area contributed by atoms with Crippen LogP contribution in [0.1, 0.15) is 40.0 Å². The highest BCUT2D eigenvalue weighted by molar-refractivity contribution is 6.21. The second kappa shape index (κ2) is 6.50. The Bertz CT molecular complexity index is 609. The van der Waals surface area contributed by atoms with Crippen LogP contribution >= 0.6 is 0 Å². The van der Waals surface area contributed by atoms with Crippen molar-refractivity contribution in [2.24, 2.45) is 0 Å². The molecule has 23 heavy (non-hydrogen) atoms. The molecule has 0 saturated carbocycles. The van der Waals surface area contributed by atoms with E-state index in [9.17, 15) is 14.4 Å². The second-order valence-corrected chi connectivity index (χ2v) is 6.23. The number of rotatable bonds is 5. The van der Waals surface area contributed by atoms with Crippen LogP contribution in [0.2, 0.25) is 0 Å². The van der Waals surface area contributed by atoms with Gasteiger partial charge in [-0.15, -0.1) is 0 Å². The van der Waals surface area contributed by atoms with Crippen LogP contribution in [-0.4, -0.2) is 60.2 Å². The maximum Gasteiger partial charge on any atom is 0.261 e. The van der Waals surface area contributed by atoms with Gasteiger partial charge >= 0.3 is 0 Å². The normalized spacial score (nSPS) is 20.9. The smallest absolute Gasteiger partial charge is 0.261 e. The first-order valence-corrected chi connectivity index (χ1v) is 7.99. The Labute approximate surface area is 135 Å². The van der Waals surface area contributed by atoms with E-state index in [1.165, 1.54) is 4.90 Å². The number of nitrogens with zero attached hydrogens (tertiary/aromatic N) is 2. The molecular weight excluding hydrogens is 294 g/mol. The molecule has 3 amide bonds. The Balaban J connectivity index is 1.47. The number of benzene rings is 1. The van der Waals surface area contributed by atoms with Crippen LogP contribution in [0.3, 0.4) is 0 Å². The molecule has 1 aromatic rings. The molecule has 2 aliphatic rings. The van der Waals surface area contributed by atoms with Crippen molar-refractivity contribution in [2.75, 3.05) is 26.7 Å². The van der Waals surface area contributed by atoms with Crippen molar-refractivity contribution in [2.45, 2.75) is 25.3 Å². The average molecular weight is 315 g/mol. The lowest BCUT2D eigenvalue weighted by Crippen LogP contribution is -2.37. The van der Waals surface area contributed by atoms with Gasteiger partial charge in [0.1, 0.15) is 0 Å². The van der Waals surface area contributed by atoms with E-state index in [1.807, 2.05) is 7.05 Å². The Morgan fingerprint density at radius 2 is 1.87 bits per heavy atom. The summed E-state index contributed by atoms with van der Waals surface area (Å²) in [6, 6.07) is 7.04. The summed E-state index contributed by atoms with van der Waals surface area (Å²) in [5, 5.41) is 3.01. The van der Waals surface area contributed by atoms with Gasteiger partial charge in [0, 0.05) is 25.6 Å². The minimum Gasteiger partial charge on any atom is -0.352 e. The average Bonchev–Trinajstić information content (AvgIpc) is 3.04. The maximum absolute atomic E-state index is 12.2. The molecule has 1 atom stereocenters. The molecule has 6 nitrogen and oxygen atoms in total. The van der Waals surface area contributed by atoms with Crippen LogP contribution in [-0.2, 0) is 4.79 Å². The lowest BCUT2D eigenvalue weighted by atomic mass is 10.1. The van der Waals surface area contributed by atoms with Crippen LogP contribution < -0.4 is 5.32 Å². The number of nitrogens with one attached hydrogen (secondary N) is 1. The molecule has 1 aromatic carbocycles. The van der Waals surface area contributed by atoms with Crippen molar-refractivity contribution >= 4 is 17.7 Å². The highest BCUT2D eigenvalue weighted by atomic mass is 16.2. The lowest BCUT2D eigenvalue weighted by molar-refractivity contribution is -0.121. The Morgan fingerprint density at radius 3 is 2.43 bits per heavy atom. The molecule has 3 rings (SSSR count). The standard InChI is InChI=1S/C17H21N3O3/c1-19-10-8-12(11-19)18-15(21)7-4-9-20-16(22)13-5-2-3-6-14(13)17(20)23/h2-3,5-6,12H,4,7-11H2,1H3,(H,18,21). The maximum atomic E-state index is 12.2. The predicted octanol–water partition coefficient (Wildman–Crippen LogP) is 0.883. The van der Waals surface area contributed by atoms with Crippen molar-refractivity contribution in [3.05, 3.63) is 35.4 Å². The number of likely N-dealkylation sites (tertiary alicyclic amines) is 1. The largest absolute Gasteiger partial charge is 0.352 e. The molecule has 0 radical (unpaired) electrons. The van der Waals surface area contributed by atoms with E-state index >= 15 is 0 Å². The number of carbonyl (C=O) groups excluding carboxylic acids is 3. The van der Waals surface area contributed by atoms with Gasteiger partial charge in [-0.1, -0.05) is 12.1 Å². The van der Waals surface area contributed by atoms with Crippen molar-refractivity contribution in [3.8, 4) is 0 Å². The number of hydrogen-bond acceptors (Lipinski definition) is 4. The van der Waals surface area contributed by atoms with Crippen LogP contribution in [0.4, 0.5) is 0 Å². The van der Waals surface area contributed by atoms with E-state index in [0.29, 0.717) is 24.0 Å². The summed E-state index contributed by atoms with van der Waals surface area (Å²) < 4.78 is 0. The highest BCUT2D eigenvalue weighted by Gasteiger charge is 2.34. The van der Waals surface area contributed by atoms with Crippen molar-refractivity contribution in [3.63, 3.8) is 0 Å². The minimum atomic E-state index is -0.261. The summed E-state index contributed by atoms with van der Waals surface area (Å²) in [6.07, 6.45) is 1.79. The third-order valence-electron chi connectivity index (χ3n) is 4.42. The van der Waals surface area contributed by atoms with Gasteiger partial charge < -0.3 is 10.2 Å². The van der Waals surface area contributed by atoms with E-state index in [4.69, 9.17) is 0 Å². The summed E-state index contributed by atoms with van der Waals surface area (Å²) in [4.78, 5) is 39.8. The zero-order valence-electron chi connectivity index (χ0n) is 13.2. The number of hydrogen-bond donors (Lipinski definition) is 1. The van der Waals surface area contributed by atoms with Gasteiger partial charge in [-0.25, -0.2) is 0 Å². The van der Waals surface area contributed by atoms with Gasteiger partial charge in [-0.3, -0.25) is 19.3 Å². The first-order valence-electron chi connectivity index (χ1n) is 7.99. The van der Waals surface area contributed by atoms with Gasteiger partial charge in [0.15, 0.2) is 0 Å². The molecule has 1 fully saturated rings. The topological polar surface area (TPSA) is 69.7 Å². The number of fused-ring (bicyclic) bond motifs is 1. The summed E-state index contributed by atoms with van der Waals surface area (Å²) in [5.41, 5.74) is 0.909. The minimum absolute atomic E-state index is 0.0121. The Hall–Kier alpha value is -2.21. The monoisotopic (exact) mass is 315 g/mol. The lowest BCUT2D eigenvalue weighted by Gasteiger charge is -2.15. The van der Waals surface area contributed by atoms with E-state index in [-0.39, 0.29) is 30.3 Å². The van der Waals surface area contributed by atoms with Gasteiger partial charge in [-0.05, 0) is 38.6 Å². The van der Waals surface area contributed by atoms with E-state index in [0.717, 1.165) is 19.5 Å². The third kappa shape index (κ3) is 3.27. The van der Waals surface area contributed by atoms with Crippen molar-refractivity contribution in [1.29, 1.82) is 0 Å². The SMILES string of the molecule is CN1CCC(NC(=O)CCCN2C(=O)c3ccccc3C2=O)C1. The summed E-state index contributed by atoms with van der Waals surface area (Å²) in [7, 11) is 2.04. The zero-order valence-corrected chi connectivity index (χ0v) is 13.2. The predicted molar refractivity (Wildman–Crippen MR) is 85.1 cm³/mol. The molecule has 0 bridgehead atoms. The van der Waals surface area contributed by atoms with Gasteiger partial charge in [0.25, 0.3) is 11.8 Å². The van der Waals surface area contributed by atoms with E-state index in [2.05, 4.69) is 10.2 Å². The second-order valence-electron chi connectivity index (χ2n) is 6.23. The number of likely N-dealkylation sites (N-methyl/N-ethyl adjacent to an activating group) is 1. The highest BCUT2D eigenvalue weighted by Crippen LogP contribution is 2.22. The van der Waals surface area contributed by atoms with E-state index < -0.39 is 0 Å². The molecule has 1 saturated heterocycles. The van der Waals surface area contributed by atoms with Crippen LogP contribution in [0.15, 0.2) is 24.3 Å². The van der Waals surface area contributed by atoms with Gasteiger partial charge in [0.05, 0.1) is 11.1 Å². The third-order valence-corrected chi connectivity index (χ3v) is 4.42. The molecule has 1 N–H and O–H groups in total. The van der Waals surface area contributed by atoms with Gasteiger partial charge in [0.2, 0.25) is 5.91 Å². The molecule has 0 spiro atoms. The first kappa shape index (κ1) is 15.7. The molecule has 122 valence electrons. The first-order chi connectivity index (χ1) is 11.1. The molecule has 0 aliphatic carbocycles. The molecule has 1 unspecified atom stereocenters. The van der Waals surface area contributed by atoms with Crippen molar-refractivity contribution < 1.29 is 14.4 Å². The molecule has 0 aromatic heterocycles. The quantitative estimate of drug-likeness (QED) is 0.819. The summed E-state index contributed by atoms with van der Waals surface area (Å²) in [6.45, 7) is 2.16. The van der Waals surface area contributed by atoms with Crippen LogP contribution in [0, 0.1) is 0 Å². The van der Waals surface area contributed by atoms with Crippen LogP contribution in [0.25, 0.3) is 0 Å². The fraction of sp³-hybridized carbons (Fsp3) is 0.471. The molecule has 2 heterocycles. The summed E-state index contributed by atoms with van der Waals surface area (Å²) >= 11 is 0. The molecule has 6 heteroatoms. The van der Waals surface area contributed by atoms with Crippen LogP contribution in [0.5, 0.6) is 0 Å². The number of imide groups is 1. The number of amides is 3. The van der Waals surface area contributed by atoms with Gasteiger partial charge in [-0.2, -0.15) is 0 Å². The Morgan fingerprint density at radius 1 is 1.22 bits per heavy atom. The summed E-state index contributed by atoms with van der Waals surface area (Å²) in [5.74, 6) is -0.534. The Kier molecular flexibility index (Phi) is 4.43. The zero-order chi connectivity index (χ0) is 16.4. The molecular formula is C17H21N3O3. The fourth-order valence-corrected chi connectivity index (χ4v) is 3.19.